The number of aliphatic hydroxyl groups is 1. The predicted octanol–water partition coefficient (Wildman–Crippen LogP) is -0.792. The molecule has 0 aromatic rings. The van der Waals surface area contributed by atoms with Crippen LogP contribution >= 0.6 is 0 Å². The van der Waals surface area contributed by atoms with E-state index in [-0.39, 0.29) is 12.5 Å². The molecule has 0 saturated heterocycles. The number of hydrogen-bond donors (Lipinski definition) is 2. The highest BCUT2D eigenvalue weighted by Gasteiger charge is 2.28. The van der Waals surface area contributed by atoms with Crippen LogP contribution in [0.25, 0.3) is 0 Å². The molecule has 2 amide bonds. The third kappa shape index (κ3) is 5.95. The summed E-state index contributed by atoms with van der Waals surface area (Å²) in [5.41, 5.74) is 0. The van der Waals surface area contributed by atoms with Crippen LogP contribution in [0, 0.1) is 0 Å². The van der Waals surface area contributed by atoms with Crippen LogP contribution in [0.4, 0.5) is 8.78 Å². The van der Waals surface area contributed by atoms with Crippen molar-refractivity contribution in [3.05, 3.63) is 0 Å². The van der Waals surface area contributed by atoms with E-state index in [0.29, 0.717) is 0 Å². The molecule has 0 aliphatic heterocycles. The molecule has 15 heavy (non-hydrogen) atoms. The summed E-state index contributed by atoms with van der Waals surface area (Å²) in [6.07, 6.45) is 0. The molecule has 0 aromatic carbocycles. The van der Waals surface area contributed by atoms with Crippen LogP contribution < -0.4 is 5.32 Å². The van der Waals surface area contributed by atoms with Crippen LogP contribution in [0.15, 0.2) is 0 Å². The van der Waals surface area contributed by atoms with Crippen molar-refractivity contribution < 1.29 is 23.5 Å². The molecule has 0 atom stereocenters. The Morgan fingerprint density at radius 3 is 2.40 bits per heavy atom. The lowest BCUT2D eigenvalue weighted by Gasteiger charge is -2.17. The largest absolute Gasteiger partial charge is 0.390 e. The minimum atomic E-state index is -3.33. The first-order valence-corrected chi connectivity index (χ1v) is 4.25. The minimum Gasteiger partial charge on any atom is -0.390 e. The average Bonchev–Trinajstić information content (AvgIpc) is 2.15. The summed E-state index contributed by atoms with van der Waals surface area (Å²) in [4.78, 5) is 22.8. The number of nitrogens with one attached hydrogen (secondary N) is 1. The van der Waals surface area contributed by atoms with E-state index in [0.717, 1.165) is 4.90 Å². The van der Waals surface area contributed by atoms with E-state index in [1.807, 2.05) is 5.32 Å². The van der Waals surface area contributed by atoms with Crippen LogP contribution in [0.3, 0.4) is 0 Å². The van der Waals surface area contributed by atoms with Gasteiger partial charge in [-0.1, -0.05) is 0 Å². The van der Waals surface area contributed by atoms with E-state index in [2.05, 4.69) is 0 Å². The lowest BCUT2D eigenvalue weighted by Crippen LogP contribution is -2.43. The van der Waals surface area contributed by atoms with Crippen LogP contribution in [-0.4, -0.2) is 54.5 Å². The molecular formula is C8H14F2N2O3. The second kappa shape index (κ2) is 5.59. The summed E-state index contributed by atoms with van der Waals surface area (Å²) in [6, 6.07) is 0. The molecule has 0 aliphatic carbocycles. The standard InChI is InChI=1S/C8H14F2N2O3/c1-6(14)12(2)3-7(15)11-4-8(9,10)5-13/h13H,3-5H2,1-2H3,(H,11,15). The molecule has 0 bridgehead atoms. The first-order valence-electron chi connectivity index (χ1n) is 4.25. The van der Waals surface area contributed by atoms with Crippen molar-refractivity contribution in [3.63, 3.8) is 0 Å². The van der Waals surface area contributed by atoms with E-state index in [1.54, 1.807) is 0 Å². The topological polar surface area (TPSA) is 69.6 Å². The third-order valence-electron chi connectivity index (χ3n) is 1.69. The molecule has 0 radical (unpaired) electrons. The van der Waals surface area contributed by atoms with Gasteiger partial charge in [0.15, 0.2) is 0 Å². The van der Waals surface area contributed by atoms with Gasteiger partial charge in [0.05, 0.1) is 13.1 Å². The summed E-state index contributed by atoms with van der Waals surface area (Å²) in [6.45, 7) is -1.28. The summed E-state index contributed by atoms with van der Waals surface area (Å²) < 4.78 is 24.9. The van der Waals surface area contributed by atoms with Gasteiger partial charge >= 0.3 is 0 Å². The maximum atomic E-state index is 12.5. The monoisotopic (exact) mass is 224 g/mol. The van der Waals surface area contributed by atoms with Crippen molar-refractivity contribution in [1.82, 2.24) is 10.2 Å². The number of alkyl halides is 2. The van der Waals surface area contributed by atoms with Gasteiger partial charge in [0, 0.05) is 14.0 Å². The summed E-state index contributed by atoms with van der Waals surface area (Å²) in [5.74, 6) is -4.36. The Hall–Kier alpha value is -1.24. The number of carbonyl (C=O) groups is 2. The Bertz CT molecular complexity index is 246. The lowest BCUT2D eigenvalue weighted by molar-refractivity contribution is -0.134. The molecule has 2 N–H and O–H groups in total. The third-order valence-corrected chi connectivity index (χ3v) is 1.69. The molecule has 0 rings (SSSR count). The van der Waals surface area contributed by atoms with Crippen LogP contribution in [-0.2, 0) is 9.59 Å². The number of amides is 2. The number of carbonyl (C=O) groups excluding carboxylic acids is 2. The zero-order valence-corrected chi connectivity index (χ0v) is 8.59. The molecular weight excluding hydrogens is 210 g/mol. The molecule has 0 aliphatic rings. The van der Waals surface area contributed by atoms with Crippen molar-refractivity contribution in [3.8, 4) is 0 Å². The first-order chi connectivity index (χ1) is 6.78. The maximum Gasteiger partial charge on any atom is 0.287 e. The fourth-order valence-corrected chi connectivity index (χ4v) is 0.666. The molecule has 5 nitrogen and oxygen atoms in total. The van der Waals surface area contributed by atoms with Crippen LogP contribution in [0.2, 0.25) is 0 Å². The molecule has 7 heteroatoms. The van der Waals surface area contributed by atoms with Gasteiger partial charge in [0.25, 0.3) is 5.92 Å². The average molecular weight is 224 g/mol. The van der Waals surface area contributed by atoms with Gasteiger partial charge in [-0.15, -0.1) is 0 Å². The second-order valence-electron chi connectivity index (χ2n) is 3.17. The smallest absolute Gasteiger partial charge is 0.287 e. The number of nitrogens with zero attached hydrogens (tertiary/aromatic N) is 1. The fraction of sp³-hybridized carbons (Fsp3) is 0.750. The Kier molecular flexibility index (Phi) is 5.13. The van der Waals surface area contributed by atoms with Gasteiger partial charge < -0.3 is 15.3 Å². The zero-order chi connectivity index (χ0) is 12.1. The minimum absolute atomic E-state index is 0.281. The SMILES string of the molecule is CC(=O)N(C)CC(=O)NCC(F)(F)CO. The molecule has 0 saturated carbocycles. The van der Waals surface area contributed by atoms with Crippen molar-refractivity contribution in [2.75, 3.05) is 26.7 Å². The maximum absolute atomic E-state index is 12.5. The highest BCUT2D eigenvalue weighted by atomic mass is 19.3. The summed E-state index contributed by atoms with van der Waals surface area (Å²) in [5, 5.41) is 10.1. The lowest BCUT2D eigenvalue weighted by atomic mass is 10.3. The van der Waals surface area contributed by atoms with E-state index in [4.69, 9.17) is 5.11 Å². The quantitative estimate of drug-likeness (QED) is 0.643. The highest BCUT2D eigenvalue weighted by Crippen LogP contribution is 2.09. The predicted molar refractivity (Wildman–Crippen MR) is 48.4 cm³/mol. The van der Waals surface area contributed by atoms with E-state index < -0.39 is 25.0 Å². The number of hydrogen-bond acceptors (Lipinski definition) is 3. The van der Waals surface area contributed by atoms with Gasteiger partial charge in [-0.05, 0) is 0 Å². The number of rotatable bonds is 5. The van der Waals surface area contributed by atoms with Crippen molar-refractivity contribution in [1.29, 1.82) is 0 Å². The zero-order valence-electron chi connectivity index (χ0n) is 8.59. The first kappa shape index (κ1) is 13.8. The number of halogens is 2. The molecule has 88 valence electrons. The van der Waals surface area contributed by atoms with Gasteiger partial charge in [0.2, 0.25) is 11.8 Å². The van der Waals surface area contributed by atoms with E-state index in [9.17, 15) is 18.4 Å². The summed E-state index contributed by atoms with van der Waals surface area (Å²) >= 11 is 0. The Morgan fingerprint density at radius 1 is 1.47 bits per heavy atom. The van der Waals surface area contributed by atoms with Gasteiger partial charge in [-0.3, -0.25) is 9.59 Å². The van der Waals surface area contributed by atoms with Crippen LogP contribution in [0.5, 0.6) is 0 Å². The molecule has 0 unspecified atom stereocenters. The number of aliphatic hydroxyl groups excluding tert-OH is 1. The number of likely N-dealkylation sites (N-methyl/N-ethyl adjacent to an activating group) is 1. The van der Waals surface area contributed by atoms with Gasteiger partial charge in [-0.2, -0.15) is 0 Å². The van der Waals surface area contributed by atoms with Crippen molar-refractivity contribution >= 4 is 11.8 Å². The molecule has 0 spiro atoms. The Balaban J connectivity index is 3.91. The van der Waals surface area contributed by atoms with Crippen LogP contribution in [0.1, 0.15) is 6.92 Å². The normalized spacial score (nSPS) is 11.0. The Morgan fingerprint density at radius 2 is 2.00 bits per heavy atom. The van der Waals surface area contributed by atoms with Crippen molar-refractivity contribution in [2.45, 2.75) is 12.8 Å². The fourth-order valence-electron chi connectivity index (χ4n) is 0.666. The van der Waals surface area contributed by atoms with E-state index in [1.165, 1.54) is 14.0 Å². The van der Waals surface area contributed by atoms with Crippen molar-refractivity contribution in [2.24, 2.45) is 0 Å². The van der Waals surface area contributed by atoms with Gasteiger partial charge in [-0.25, -0.2) is 8.78 Å². The van der Waals surface area contributed by atoms with E-state index >= 15 is 0 Å². The highest BCUT2D eigenvalue weighted by molar-refractivity contribution is 5.83. The molecule has 0 heterocycles. The second-order valence-corrected chi connectivity index (χ2v) is 3.17. The molecule has 0 fully saturated rings. The van der Waals surface area contributed by atoms with Gasteiger partial charge in [0.1, 0.15) is 6.61 Å². The Labute approximate surface area is 86.1 Å². The summed E-state index contributed by atoms with van der Waals surface area (Å²) in [7, 11) is 1.38. The molecule has 0 aromatic heterocycles.